The largest absolute Gasteiger partial charge is 0.496 e. The Hall–Kier alpha value is -2.89. The third-order valence-corrected chi connectivity index (χ3v) is 5.88. The zero-order valence-electron chi connectivity index (χ0n) is 17.0. The molecular weight excluding hydrogens is 366 g/mol. The lowest BCUT2D eigenvalue weighted by atomic mass is 9.91. The van der Waals surface area contributed by atoms with Gasteiger partial charge in [0.1, 0.15) is 5.75 Å². The van der Waals surface area contributed by atoms with Crippen LogP contribution in [0.25, 0.3) is 0 Å². The molecule has 1 aliphatic carbocycles. The van der Waals surface area contributed by atoms with Gasteiger partial charge in [-0.15, -0.1) is 0 Å². The predicted molar refractivity (Wildman–Crippen MR) is 109 cm³/mol. The Kier molecular flexibility index (Phi) is 5.51. The Bertz CT molecular complexity index is 882. The number of hydrogen-bond acceptors (Lipinski definition) is 4. The summed E-state index contributed by atoms with van der Waals surface area (Å²) in [5.74, 6) is 0.364. The molecule has 6 heteroatoms. The predicted octanol–water partition coefficient (Wildman–Crippen LogP) is 3.19. The summed E-state index contributed by atoms with van der Waals surface area (Å²) >= 11 is 0. The van der Waals surface area contributed by atoms with Crippen LogP contribution in [0.1, 0.15) is 43.5 Å². The molecule has 4 rings (SSSR count). The average molecular weight is 393 g/mol. The van der Waals surface area contributed by atoms with Crippen LogP contribution < -0.4 is 4.74 Å². The van der Waals surface area contributed by atoms with Gasteiger partial charge in [-0.3, -0.25) is 14.6 Å². The Morgan fingerprint density at radius 1 is 1.21 bits per heavy atom. The molecular formula is C23H27N3O3. The second-order valence-electron chi connectivity index (χ2n) is 7.70. The molecule has 6 nitrogen and oxygen atoms in total. The van der Waals surface area contributed by atoms with Crippen molar-refractivity contribution in [2.24, 2.45) is 5.92 Å². The van der Waals surface area contributed by atoms with Crippen LogP contribution in [0.2, 0.25) is 0 Å². The molecule has 1 aromatic heterocycles. The zero-order valence-corrected chi connectivity index (χ0v) is 17.0. The lowest BCUT2D eigenvalue weighted by Crippen LogP contribution is -2.40. The minimum atomic E-state index is -0.414. The summed E-state index contributed by atoms with van der Waals surface area (Å²) in [6, 6.07) is 13.4. The van der Waals surface area contributed by atoms with Gasteiger partial charge >= 0.3 is 0 Å². The van der Waals surface area contributed by atoms with Crippen LogP contribution >= 0.6 is 0 Å². The van der Waals surface area contributed by atoms with E-state index in [-0.39, 0.29) is 30.3 Å². The number of amides is 2. The van der Waals surface area contributed by atoms with Crippen LogP contribution in [0.4, 0.5) is 0 Å². The summed E-state index contributed by atoms with van der Waals surface area (Å²) in [5.41, 5.74) is 1.77. The first-order valence-electron chi connectivity index (χ1n) is 10.3. The number of methoxy groups -OCH3 is 1. The fraction of sp³-hybridized carbons (Fsp3) is 0.435. The molecule has 1 saturated heterocycles. The molecule has 0 N–H and O–H groups in total. The van der Waals surface area contributed by atoms with E-state index in [2.05, 4.69) is 4.98 Å². The maximum atomic E-state index is 13.7. The topological polar surface area (TPSA) is 62.7 Å². The molecule has 2 heterocycles. The molecule has 2 aliphatic rings. The van der Waals surface area contributed by atoms with Crippen molar-refractivity contribution in [3.63, 3.8) is 0 Å². The Morgan fingerprint density at radius 3 is 2.62 bits per heavy atom. The normalized spacial score (nSPS) is 21.3. The quantitative estimate of drug-likeness (QED) is 0.725. The number of para-hydroxylation sites is 1. The number of benzene rings is 1. The van der Waals surface area contributed by atoms with Crippen molar-refractivity contribution < 1.29 is 14.3 Å². The van der Waals surface area contributed by atoms with Gasteiger partial charge < -0.3 is 14.5 Å². The highest BCUT2D eigenvalue weighted by atomic mass is 16.5. The van der Waals surface area contributed by atoms with E-state index in [1.165, 1.54) is 0 Å². The summed E-state index contributed by atoms with van der Waals surface area (Å²) < 4.78 is 5.56. The highest BCUT2D eigenvalue weighted by Crippen LogP contribution is 2.43. The number of ether oxygens (including phenoxy) is 1. The summed E-state index contributed by atoms with van der Waals surface area (Å²) in [7, 11) is 1.63. The lowest BCUT2D eigenvalue weighted by Gasteiger charge is -2.31. The summed E-state index contributed by atoms with van der Waals surface area (Å²) in [4.78, 5) is 34.6. The van der Waals surface area contributed by atoms with Crippen molar-refractivity contribution in [2.45, 2.75) is 44.8 Å². The molecule has 0 spiro atoms. The number of pyridine rings is 1. The minimum Gasteiger partial charge on any atom is -0.496 e. The molecule has 0 unspecified atom stereocenters. The number of aromatic nitrogens is 1. The molecule has 2 fully saturated rings. The molecule has 2 amide bonds. The highest BCUT2D eigenvalue weighted by molar-refractivity contribution is 5.91. The van der Waals surface area contributed by atoms with Gasteiger partial charge in [0, 0.05) is 30.8 Å². The third-order valence-electron chi connectivity index (χ3n) is 5.88. The van der Waals surface area contributed by atoms with Gasteiger partial charge in [-0.1, -0.05) is 24.3 Å². The number of hydrogen-bond donors (Lipinski definition) is 0. The van der Waals surface area contributed by atoms with E-state index in [4.69, 9.17) is 4.74 Å². The van der Waals surface area contributed by atoms with Gasteiger partial charge in [0.2, 0.25) is 11.8 Å². The van der Waals surface area contributed by atoms with E-state index in [0.29, 0.717) is 18.8 Å². The molecule has 0 radical (unpaired) electrons. The first-order valence-corrected chi connectivity index (χ1v) is 10.3. The van der Waals surface area contributed by atoms with Gasteiger partial charge in [-0.05, 0) is 38.0 Å². The van der Waals surface area contributed by atoms with Crippen molar-refractivity contribution in [1.82, 2.24) is 14.8 Å². The molecule has 2 aromatic rings. The highest BCUT2D eigenvalue weighted by Gasteiger charge is 2.48. The van der Waals surface area contributed by atoms with Crippen LogP contribution in [0.15, 0.2) is 48.7 Å². The fourth-order valence-electron chi connectivity index (χ4n) is 4.33. The average Bonchev–Trinajstić information content (AvgIpc) is 3.54. The number of carbonyl (C=O) groups is 2. The van der Waals surface area contributed by atoms with Gasteiger partial charge in [0.15, 0.2) is 0 Å². The Labute approximate surface area is 171 Å². The van der Waals surface area contributed by atoms with Crippen LogP contribution in [-0.4, -0.2) is 46.3 Å². The smallest absolute Gasteiger partial charge is 0.229 e. The Morgan fingerprint density at radius 2 is 1.97 bits per heavy atom. The zero-order chi connectivity index (χ0) is 20.4. The van der Waals surface area contributed by atoms with Gasteiger partial charge in [-0.25, -0.2) is 0 Å². The van der Waals surface area contributed by atoms with E-state index in [1.807, 2.05) is 59.2 Å². The number of likely N-dealkylation sites (tertiary alicyclic amines) is 1. The van der Waals surface area contributed by atoms with Crippen molar-refractivity contribution in [3.05, 3.63) is 59.9 Å². The minimum absolute atomic E-state index is 0.0235. The van der Waals surface area contributed by atoms with E-state index < -0.39 is 5.92 Å². The number of rotatable bonds is 7. The molecule has 1 saturated carbocycles. The second-order valence-corrected chi connectivity index (χ2v) is 7.70. The van der Waals surface area contributed by atoms with E-state index in [0.717, 1.165) is 24.1 Å². The van der Waals surface area contributed by atoms with Crippen molar-refractivity contribution in [2.75, 3.05) is 13.7 Å². The molecule has 1 aromatic carbocycles. The van der Waals surface area contributed by atoms with Crippen molar-refractivity contribution >= 4 is 11.8 Å². The molecule has 2 atom stereocenters. The van der Waals surface area contributed by atoms with Gasteiger partial charge in [0.05, 0.1) is 31.3 Å². The van der Waals surface area contributed by atoms with E-state index >= 15 is 0 Å². The van der Waals surface area contributed by atoms with Crippen LogP contribution in [0.5, 0.6) is 5.75 Å². The maximum absolute atomic E-state index is 13.7. The second kappa shape index (κ2) is 8.23. The van der Waals surface area contributed by atoms with Crippen molar-refractivity contribution in [1.29, 1.82) is 0 Å². The first kappa shape index (κ1) is 19.4. The van der Waals surface area contributed by atoms with E-state index in [1.54, 1.807) is 13.3 Å². The molecule has 1 aliphatic heterocycles. The Balaban J connectivity index is 1.66. The van der Waals surface area contributed by atoms with Crippen LogP contribution in [0, 0.1) is 5.92 Å². The molecule has 29 heavy (non-hydrogen) atoms. The van der Waals surface area contributed by atoms with Crippen molar-refractivity contribution in [3.8, 4) is 5.75 Å². The fourth-order valence-corrected chi connectivity index (χ4v) is 4.33. The number of nitrogens with zero attached hydrogens (tertiary/aromatic N) is 3. The van der Waals surface area contributed by atoms with Crippen LogP contribution in [0.3, 0.4) is 0 Å². The van der Waals surface area contributed by atoms with E-state index in [9.17, 15) is 9.59 Å². The van der Waals surface area contributed by atoms with Gasteiger partial charge in [-0.2, -0.15) is 0 Å². The molecule has 152 valence electrons. The summed E-state index contributed by atoms with van der Waals surface area (Å²) in [6.45, 7) is 3.01. The number of carbonyl (C=O) groups excluding carboxylic acids is 2. The molecule has 0 bridgehead atoms. The summed E-state index contributed by atoms with van der Waals surface area (Å²) in [6.07, 6.45) is 4.01. The SMILES string of the molecule is CCN1C(=O)C[C@@H](C(=O)N(Cc2ccccn2)C2CC2)[C@@H]1c1ccccc1OC. The first-order chi connectivity index (χ1) is 14.1. The van der Waals surface area contributed by atoms with Gasteiger partial charge in [0.25, 0.3) is 0 Å². The maximum Gasteiger partial charge on any atom is 0.229 e. The third kappa shape index (κ3) is 3.84. The summed E-state index contributed by atoms with van der Waals surface area (Å²) in [5, 5.41) is 0. The standard InChI is InChI=1S/C23H27N3O3/c1-3-25-21(27)14-19(22(25)18-9-4-5-10-20(18)29-2)23(28)26(17-11-12-17)15-16-8-6-7-13-24-16/h4-10,13,17,19,22H,3,11-12,14-15H2,1-2H3/t19-,22+/m1/s1. The van der Waals surface area contributed by atoms with Crippen LogP contribution in [-0.2, 0) is 16.1 Å². The lowest BCUT2D eigenvalue weighted by molar-refractivity contribution is -0.138. The monoisotopic (exact) mass is 393 g/mol.